The second kappa shape index (κ2) is 9.20. The molecule has 3 aromatic heterocycles. The highest BCUT2D eigenvalue weighted by atomic mass is 32.1. The molecule has 0 bridgehead atoms. The third-order valence-corrected chi connectivity index (χ3v) is 7.18. The quantitative estimate of drug-likeness (QED) is 0.532. The summed E-state index contributed by atoms with van der Waals surface area (Å²) in [6.07, 6.45) is 10.7. The molecule has 7 heteroatoms. The van der Waals surface area contributed by atoms with Gasteiger partial charge in [0.1, 0.15) is 11.4 Å². The third-order valence-electron chi connectivity index (χ3n) is 6.16. The molecule has 166 valence electrons. The Labute approximate surface area is 193 Å². The van der Waals surface area contributed by atoms with Crippen LogP contribution in [0.15, 0.2) is 42.6 Å². The van der Waals surface area contributed by atoms with Crippen LogP contribution in [0.25, 0.3) is 16.3 Å². The number of thiophene rings is 1. The summed E-state index contributed by atoms with van der Waals surface area (Å²) in [7, 11) is 0. The van der Waals surface area contributed by atoms with Crippen molar-refractivity contribution in [3.05, 3.63) is 53.8 Å². The Balaban J connectivity index is 1.43. The zero-order valence-corrected chi connectivity index (χ0v) is 19.1. The normalized spacial score (nSPS) is 16.1. The number of anilines is 3. The maximum atomic E-state index is 6.33. The Bertz CT molecular complexity index is 1120. The van der Waals surface area contributed by atoms with Crippen molar-refractivity contribution in [1.29, 1.82) is 0 Å². The number of aromatic nitrogens is 2. The van der Waals surface area contributed by atoms with Crippen molar-refractivity contribution >= 4 is 34.1 Å². The van der Waals surface area contributed by atoms with Gasteiger partial charge in [0, 0.05) is 30.2 Å². The van der Waals surface area contributed by atoms with E-state index in [2.05, 4.69) is 33.2 Å². The zero-order valence-electron chi connectivity index (χ0n) is 18.3. The number of hydrogen-bond acceptors (Lipinski definition) is 7. The standard InChI is InChI=1S/C25H29N5OS/c1-17(28-21-15-27-11-10-22(21)30-12-4-2-5-13-30)24-19(26)8-9-20(29-24)25-18-7-3-6-14-31-23(18)16-32-25/h8-11,15-16,28H,1-7,12-14,26H2. The molecule has 3 N–H and O–H groups in total. The van der Waals surface area contributed by atoms with Gasteiger partial charge in [-0.2, -0.15) is 0 Å². The molecule has 5 rings (SSSR count). The topological polar surface area (TPSA) is 76.3 Å². The molecule has 0 radical (unpaired) electrons. The molecular weight excluding hydrogens is 418 g/mol. The van der Waals surface area contributed by atoms with Gasteiger partial charge >= 0.3 is 0 Å². The van der Waals surface area contributed by atoms with Crippen LogP contribution in [-0.4, -0.2) is 29.7 Å². The Morgan fingerprint density at radius 1 is 1.12 bits per heavy atom. The number of pyridine rings is 2. The number of rotatable bonds is 5. The van der Waals surface area contributed by atoms with Gasteiger partial charge < -0.3 is 20.7 Å². The second-order valence-electron chi connectivity index (χ2n) is 8.39. The predicted octanol–water partition coefficient (Wildman–Crippen LogP) is 5.58. The monoisotopic (exact) mass is 447 g/mol. The van der Waals surface area contributed by atoms with Crippen LogP contribution in [0.3, 0.4) is 0 Å². The molecule has 5 heterocycles. The molecule has 0 saturated carbocycles. The minimum atomic E-state index is 0.605. The van der Waals surface area contributed by atoms with E-state index >= 15 is 0 Å². The first-order valence-corrected chi connectivity index (χ1v) is 12.2. The number of ether oxygens (including phenoxy) is 1. The first-order valence-electron chi connectivity index (χ1n) is 11.4. The highest BCUT2D eigenvalue weighted by molar-refractivity contribution is 7.14. The Kier molecular flexibility index (Phi) is 5.99. The average molecular weight is 448 g/mol. The Hall–Kier alpha value is -3.06. The molecule has 32 heavy (non-hydrogen) atoms. The number of fused-ring (bicyclic) bond motifs is 1. The minimum absolute atomic E-state index is 0.605. The Morgan fingerprint density at radius 2 is 2.00 bits per heavy atom. The van der Waals surface area contributed by atoms with Gasteiger partial charge in [0.05, 0.1) is 46.1 Å². The van der Waals surface area contributed by atoms with Crippen LogP contribution in [0.1, 0.15) is 43.4 Å². The van der Waals surface area contributed by atoms with E-state index in [-0.39, 0.29) is 0 Å². The van der Waals surface area contributed by atoms with Crippen LogP contribution in [0.4, 0.5) is 17.1 Å². The molecule has 0 unspecified atom stereocenters. The van der Waals surface area contributed by atoms with Crippen LogP contribution in [-0.2, 0) is 6.42 Å². The van der Waals surface area contributed by atoms with E-state index in [4.69, 9.17) is 15.5 Å². The third kappa shape index (κ3) is 4.17. The molecule has 1 saturated heterocycles. The molecule has 1 fully saturated rings. The minimum Gasteiger partial charge on any atom is -0.492 e. The van der Waals surface area contributed by atoms with Crippen molar-refractivity contribution in [2.45, 2.75) is 38.5 Å². The van der Waals surface area contributed by atoms with E-state index in [0.29, 0.717) is 17.1 Å². The van der Waals surface area contributed by atoms with Gasteiger partial charge in [-0.15, -0.1) is 11.3 Å². The lowest BCUT2D eigenvalue weighted by Crippen LogP contribution is -2.30. The molecule has 0 atom stereocenters. The molecule has 6 nitrogen and oxygen atoms in total. The first-order chi connectivity index (χ1) is 15.7. The van der Waals surface area contributed by atoms with Crippen molar-refractivity contribution in [1.82, 2.24) is 9.97 Å². The van der Waals surface area contributed by atoms with Crippen LogP contribution in [0.2, 0.25) is 0 Å². The van der Waals surface area contributed by atoms with Crippen LogP contribution >= 0.6 is 11.3 Å². The van der Waals surface area contributed by atoms with Gasteiger partial charge in [0.15, 0.2) is 0 Å². The summed E-state index contributed by atoms with van der Waals surface area (Å²) < 4.78 is 5.92. The van der Waals surface area contributed by atoms with E-state index in [1.54, 1.807) is 11.3 Å². The van der Waals surface area contributed by atoms with Crippen molar-refractivity contribution in [3.8, 4) is 16.3 Å². The number of hydrogen-bond donors (Lipinski definition) is 2. The van der Waals surface area contributed by atoms with E-state index in [1.807, 2.05) is 24.5 Å². The number of nitrogens with zero attached hydrogens (tertiary/aromatic N) is 3. The van der Waals surface area contributed by atoms with E-state index in [1.165, 1.54) is 24.8 Å². The number of nitrogens with two attached hydrogens (primary N) is 1. The number of nitrogens with one attached hydrogen (secondary N) is 1. The average Bonchev–Trinajstić information content (AvgIpc) is 3.08. The fourth-order valence-electron chi connectivity index (χ4n) is 4.48. The number of piperidine rings is 1. The molecule has 0 aromatic carbocycles. The smallest absolute Gasteiger partial charge is 0.133 e. The van der Waals surface area contributed by atoms with Gasteiger partial charge in [0.2, 0.25) is 0 Å². The lowest BCUT2D eigenvalue weighted by molar-refractivity contribution is 0.318. The summed E-state index contributed by atoms with van der Waals surface area (Å²) in [6, 6.07) is 5.98. The van der Waals surface area contributed by atoms with Gasteiger partial charge in [-0.3, -0.25) is 4.98 Å². The van der Waals surface area contributed by atoms with Crippen molar-refractivity contribution in [3.63, 3.8) is 0 Å². The molecule has 2 aliphatic rings. The molecular formula is C25H29N5OS. The molecule has 2 aliphatic heterocycles. The summed E-state index contributed by atoms with van der Waals surface area (Å²) in [5, 5.41) is 5.55. The summed E-state index contributed by atoms with van der Waals surface area (Å²) in [5.74, 6) is 1.00. The maximum Gasteiger partial charge on any atom is 0.133 e. The van der Waals surface area contributed by atoms with Crippen molar-refractivity contribution in [2.75, 3.05) is 35.6 Å². The first kappa shape index (κ1) is 20.8. The van der Waals surface area contributed by atoms with E-state index in [9.17, 15) is 0 Å². The lowest BCUT2D eigenvalue weighted by atomic mass is 10.1. The largest absolute Gasteiger partial charge is 0.492 e. The maximum absolute atomic E-state index is 6.33. The fourth-order valence-corrected chi connectivity index (χ4v) is 5.49. The number of nitrogen functional groups attached to an aromatic ring is 1. The van der Waals surface area contributed by atoms with Crippen molar-refractivity contribution < 1.29 is 4.74 Å². The highest BCUT2D eigenvalue weighted by Crippen LogP contribution is 2.40. The van der Waals surface area contributed by atoms with Crippen LogP contribution < -0.4 is 20.7 Å². The molecule has 3 aromatic rings. The molecule has 0 amide bonds. The SMILES string of the molecule is C=C(Nc1cnccc1N1CCCCC1)c1nc(-c2scc3c2CCCCO3)ccc1N. The zero-order chi connectivity index (χ0) is 21.9. The van der Waals surface area contributed by atoms with Gasteiger partial charge in [-0.1, -0.05) is 6.58 Å². The molecule has 0 spiro atoms. The van der Waals surface area contributed by atoms with Crippen molar-refractivity contribution in [2.24, 2.45) is 0 Å². The summed E-state index contributed by atoms with van der Waals surface area (Å²) in [4.78, 5) is 12.8. The molecule has 0 aliphatic carbocycles. The summed E-state index contributed by atoms with van der Waals surface area (Å²) in [6.45, 7) is 7.18. The highest BCUT2D eigenvalue weighted by Gasteiger charge is 2.20. The Morgan fingerprint density at radius 3 is 2.88 bits per heavy atom. The lowest BCUT2D eigenvalue weighted by Gasteiger charge is -2.30. The summed E-state index contributed by atoms with van der Waals surface area (Å²) in [5.41, 5.74) is 12.5. The van der Waals surface area contributed by atoms with Crippen LogP contribution in [0.5, 0.6) is 5.75 Å². The fraction of sp³-hybridized carbons (Fsp3) is 0.360. The second-order valence-corrected chi connectivity index (χ2v) is 9.27. The van der Waals surface area contributed by atoms with Gasteiger partial charge in [-0.25, -0.2) is 4.98 Å². The van der Waals surface area contributed by atoms with Gasteiger partial charge in [-0.05, 0) is 56.7 Å². The van der Waals surface area contributed by atoms with Gasteiger partial charge in [0.25, 0.3) is 0 Å². The van der Waals surface area contributed by atoms with Crippen LogP contribution in [0, 0.1) is 0 Å². The van der Waals surface area contributed by atoms with E-state index < -0.39 is 0 Å². The summed E-state index contributed by atoms with van der Waals surface area (Å²) >= 11 is 1.68. The van der Waals surface area contributed by atoms with E-state index in [0.717, 1.165) is 66.7 Å². The predicted molar refractivity (Wildman–Crippen MR) is 133 cm³/mol.